The van der Waals surface area contributed by atoms with E-state index in [0.29, 0.717) is 12.2 Å². The molecule has 0 aliphatic heterocycles. The minimum Gasteiger partial charge on any atom is -0.318 e. The lowest BCUT2D eigenvalue weighted by molar-refractivity contribution is 0.582. The van der Waals surface area contributed by atoms with Crippen LogP contribution in [0, 0.1) is 6.92 Å². The van der Waals surface area contributed by atoms with Gasteiger partial charge < -0.3 is 5.32 Å². The number of rotatable bonds is 6. The molecule has 0 unspecified atom stereocenters. The fourth-order valence-electron chi connectivity index (χ4n) is 1.75. The third-order valence-corrected chi connectivity index (χ3v) is 4.12. The Morgan fingerprint density at radius 2 is 2.15 bits per heavy atom. The van der Waals surface area contributed by atoms with Crippen molar-refractivity contribution in [1.82, 2.24) is 15.1 Å². The van der Waals surface area contributed by atoms with Crippen LogP contribution in [0.1, 0.15) is 5.56 Å². The van der Waals surface area contributed by atoms with Gasteiger partial charge in [0.15, 0.2) is 0 Å². The second-order valence-electron chi connectivity index (χ2n) is 4.52. The van der Waals surface area contributed by atoms with Crippen LogP contribution in [-0.4, -0.2) is 31.8 Å². The van der Waals surface area contributed by atoms with Gasteiger partial charge in [-0.25, -0.2) is 8.42 Å². The van der Waals surface area contributed by atoms with Crippen molar-refractivity contribution in [1.29, 1.82) is 0 Å². The summed E-state index contributed by atoms with van der Waals surface area (Å²) in [5.74, 6) is 0. The SMILES string of the molecule is CNCCn1cc(S(=O)(=O)Nc2cccc(C)c2)cn1. The summed E-state index contributed by atoms with van der Waals surface area (Å²) in [6.07, 6.45) is 2.88. The fourth-order valence-corrected chi connectivity index (χ4v) is 2.76. The highest BCUT2D eigenvalue weighted by atomic mass is 32.2. The Morgan fingerprint density at radius 1 is 1.35 bits per heavy atom. The number of nitrogens with one attached hydrogen (secondary N) is 2. The maximum Gasteiger partial charge on any atom is 0.265 e. The quantitative estimate of drug-likeness (QED) is 0.839. The maximum atomic E-state index is 12.2. The van der Waals surface area contributed by atoms with Gasteiger partial charge in [-0.1, -0.05) is 12.1 Å². The Hall–Kier alpha value is -1.86. The summed E-state index contributed by atoms with van der Waals surface area (Å²) in [4.78, 5) is 0.162. The van der Waals surface area contributed by atoms with Gasteiger partial charge >= 0.3 is 0 Å². The Balaban J connectivity index is 2.16. The molecule has 0 bridgehead atoms. The van der Waals surface area contributed by atoms with Gasteiger partial charge in [-0.05, 0) is 31.7 Å². The molecule has 2 N–H and O–H groups in total. The number of aryl methyl sites for hydroxylation is 1. The van der Waals surface area contributed by atoms with E-state index in [9.17, 15) is 8.42 Å². The topological polar surface area (TPSA) is 76.0 Å². The first-order chi connectivity index (χ1) is 9.51. The van der Waals surface area contributed by atoms with E-state index in [2.05, 4.69) is 15.1 Å². The number of nitrogens with zero attached hydrogens (tertiary/aromatic N) is 2. The second-order valence-corrected chi connectivity index (χ2v) is 6.20. The molecule has 7 heteroatoms. The zero-order valence-corrected chi connectivity index (χ0v) is 12.3. The lowest BCUT2D eigenvalue weighted by Gasteiger charge is -2.06. The third-order valence-electron chi connectivity index (χ3n) is 2.78. The van der Waals surface area contributed by atoms with Crippen LogP contribution in [0.15, 0.2) is 41.6 Å². The minimum atomic E-state index is -3.59. The van der Waals surface area contributed by atoms with Crippen molar-refractivity contribution in [3.63, 3.8) is 0 Å². The van der Waals surface area contributed by atoms with Gasteiger partial charge in [-0.3, -0.25) is 9.40 Å². The first-order valence-electron chi connectivity index (χ1n) is 6.28. The van der Waals surface area contributed by atoms with E-state index >= 15 is 0 Å². The van der Waals surface area contributed by atoms with Gasteiger partial charge in [-0.15, -0.1) is 0 Å². The van der Waals surface area contributed by atoms with Crippen molar-refractivity contribution < 1.29 is 8.42 Å². The van der Waals surface area contributed by atoms with E-state index in [4.69, 9.17) is 0 Å². The monoisotopic (exact) mass is 294 g/mol. The van der Waals surface area contributed by atoms with Crippen LogP contribution in [-0.2, 0) is 16.6 Å². The van der Waals surface area contributed by atoms with E-state index < -0.39 is 10.0 Å². The highest BCUT2D eigenvalue weighted by Gasteiger charge is 2.16. The third kappa shape index (κ3) is 3.58. The van der Waals surface area contributed by atoms with Crippen molar-refractivity contribution in [3.8, 4) is 0 Å². The average molecular weight is 294 g/mol. The predicted octanol–water partition coefficient (Wildman–Crippen LogP) is 1.21. The number of anilines is 1. The Labute approximate surface area is 118 Å². The molecule has 20 heavy (non-hydrogen) atoms. The van der Waals surface area contributed by atoms with Crippen LogP contribution in [0.2, 0.25) is 0 Å². The molecule has 6 nitrogen and oxygen atoms in total. The number of sulfonamides is 1. The van der Waals surface area contributed by atoms with E-state index in [0.717, 1.165) is 12.1 Å². The summed E-state index contributed by atoms with van der Waals surface area (Å²) in [6, 6.07) is 7.22. The molecule has 2 rings (SSSR count). The molecule has 1 aromatic carbocycles. The van der Waals surface area contributed by atoms with Gasteiger partial charge in [-0.2, -0.15) is 5.10 Å². The molecule has 0 aliphatic rings. The number of hydrogen-bond acceptors (Lipinski definition) is 4. The highest BCUT2D eigenvalue weighted by molar-refractivity contribution is 7.92. The van der Waals surface area contributed by atoms with Gasteiger partial charge in [0.25, 0.3) is 10.0 Å². The van der Waals surface area contributed by atoms with Crippen molar-refractivity contribution in [2.45, 2.75) is 18.4 Å². The molecule has 0 radical (unpaired) electrons. The van der Waals surface area contributed by atoms with Crippen LogP contribution in [0.5, 0.6) is 0 Å². The fraction of sp³-hybridized carbons (Fsp3) is 0.308. The van der Waals surface area contributed by atoms with Crippen LogP contribution < -0.4 is 10.0 Å². The van der Waals surface area contributed by atoms with Crippen LogP contribution in [0.4, 0.5) is 5.69 Å². The Morgan fingerprint density at radius 3 is 2.85 bits per heavy atom. The average Bonchev–Trinajstić information content (AvgIpc) is 2.85. The zero-order chi connectivity index (χ0) is 14.6. The zero-order valence-electron chi connectivity index (χ0n) is 11.5. The molecule has 0 amide bonds. The summed E-state index contributed by atoms with van der Waals surface area (Å²) < 4.78 is 28.6. The van der Waals surface area contributed by atoms with Gasteiger partial charge in [0.05, 0.1) is 12.7 Å². The van der Waals surface area contributed by atoms with Crippen molar-refractivity contribution in [2.24, 2.45) is 0 Å². The van der Waals surface area contributed by atoms with Crippen LogP contribution in [0.25, 0.3) is 0 Å². The molecule has 0 saturated carbocycles. The van der Waals surface area contributed by atoms with Gasteiger partial charge in [0.2, 0.25) is 0 Å². The summed E-state index contributed by atoms with van der Waals surface area (Å²) in [5, 5.41) is 7.02. The smallest absolute Gasteiger partial charge is 0.265 e. The predicted molar refractivity (Wildman–Crippen MR) is 78.1 cm³/mol. The largest absolute Gasteiger partial charge is 0.318 e. The molecule has 1 aromatic heterocycles. The normalized spacial score (nSPS) is 11.5. The van der Waals surface area contributed by atoms with Crippen molar-refractivity contribution >= 4 is 15.7 Å². The van der Waals surface area contributed by atoms with Gasteiger partial charge in [0.1, 0.15) is 4.90 Å². The number of hydrogen-bond donors (Lipinski definition) is 2. The van der Waals surface area contributed by atoms with Crippen molar-refractivity contribution in [2.75, 3.05) is 18.3 Å². The molecule has 0 saturated heterocycles. The van der Waals surface area contributed by atoms with Crippen LogP contribution >= 0.6 is 0 Å². The standard InChI is InChI=1S/C13H18N4O2S/c1-11-4-3-5-12(8-11)16-20(18,19)13-9-15-17(10-13)7-6-14-2/h3-5,8-10,14,16H,6-7H2,1-2H3. The van der Waals surface area contributed by atoms with E-state index in [-0.39, 0.29) is 4.90 Å². The first-order valence-corrected chi connectivity index (χ1v) is 7.76. The molecule has 0 aliphatic carbocycles. The molecular formula is C13H18N4O2S. The minimum absolute atomic E-state index is 0.162. The number of aromatic nitrogens is 2. The maximum absolute atomic E-state index is 12.2. The summed E-state index contributed by atoms with van der Waals surface area (Å²) >= 11 is 0. The summed E-state index contributed by atoms with van der Waals surface area (Å²) in [6.45, 7) is 3.26. The van der Waals surface area contributed by atoms with Crippen molar-refractivity contribution in [3.05, 3.63) is 42.2 Å². The van der Waals surface area contributed by atoms with Gasteiger partial charge in [0, 0.05) is 18.4 Å². The number of benzene rings is 1. The molecule has 1 heterocycles. The van der Waals surface area contributed by atoms with Crippen LogP contribution in [0.3, 0.4) is 0 Å². The molecule has 0 spiro atoms. The van der Waals surface area contributed by atoms with E-state index in [1.54, 1.807) is 16.8 Å². The Kier molecular flexibility index (Phi) is 4.41. The molecular weight excluding hydrogens is 276 g/mol. The number of likely N-dealkylation sites (N-methyl/N-ethyl adjacent to an activating group) is 1. The first kappa shape index (κ1) is 14.5. The summed E-state index contributed by atoms with van der Waals surface area (Å²) in [7, 11) is -1.75. The van der Waals surface area contributed by atoms with E-state index in [1.807, 2.05) is 26.1 Å². The lowest BCUT2D eigenvalue weighted by Crippen LogP contribution is -2.15. The second kappa shape index (κ2) is 6.06. The molecule has 0 atom stereocenters. The van der Waals surface area contributed by atoms with E-state index in [1.165, 1.54) is 12.4 Å². The Bertz CT molecular complexity index is 679. The molecule has 0 fully saturated rings. The summed E-state index contributed by atoms with van der Waals surface area (Å²) in [5.41, 5.74) is 1.54. The lowest BCUT2D eigenvalue weighted by atomic mass is 10.2. The molecule has 108 valence electrons. The highest BCUT2D eigenvalue weighted by Crippen LogP contribution is 2.16. The molecule has 2 aromatic rings.